The lowest BCUT2D eigenvalue weighted by molar-refractivity contribution is -0.124. The van der Waals surface area contributed by atoms with E-state index in [2.05, 4.69) is 5.32 Å². The zero-order valence-corrected chi connectivity index (χ0v) is 12.5. The van der Waals surface area contributed by atoms with E-state index in [0.717, 1.165) is 6.54 Å². The molecule has 0 saturated carbocycles. The largest absolute Gasteiger partial charge is 0.515 e. The lowest BCUT2D eigenvalue weighted by Crippen LogP contribution is -2.59. The molecule has 1 heterocycles. The number of piperazine rings is 1. The second kappa shape index (κ2) is 7.85. The van der Waals surface area contributed by atoms with Gasteiger partial charge in [0.1, 0.15) is 0 Å². The predicted octanol–water partition coefficient (Wildman–Crippen LogP) is 0.00580. The molecule has 18 heavy (non-hydrogen) atoms. The van der Waals surface area contributed by atoms with Crippen molar-refractivity contribution in [3.63, 3.8) is 0 Å². The van der Waals surface area contributed by atoms with Gasteiger partial charge in [-0.25, -0.2) is 0 Å². The molecule has 0 radical (unpaired) electrons. The highest BCUT2D eigenvalue weighted by Crippen LogP contribution is 2.13. The second-order valence-electron chi connectivity index (χ2n) is 4.04. The normalized spacial score (nSPS) is 17.8. The molecule has 0 unspecified atom stereocenters. The Balaban J connectivity index is 2.65. The van der Waals surface area contributed by atoms with Gasteiger partial charge < -0.3 is 18.6 Å². The molecule has 0 spiro atoms. The van der Waals surface area contributed by atoms with Crippen LogP contribution in [0.1, 0.15) is 20.8 Å². The van der Waals surface area contributed by atoms with Crippen molar-refractivity contribution in [2.75, 3.05) is 45.6 Å². The van der Waals surface area contributed by atoms with E-state index in [1.807, 2.05) is 25.7 Å². The van der Waals surface area contributed by atoms with E-state index in [1.54, 1.807) is 0 Å². The first-order valence-corrected chi connectivity index (χ1v) is 8.50. The van der Waals surface area contributed by atoms with E-state index in [0.29, 0.717) is 39.1 Å². The minimum atomic E-state index is -2.67. The Hall–Kier alpha value is -0.473. The van der Waals surface area contributed by atoms with Gasteiger partial charge in [0.15, 0.2) is 0 Å². The maximum absolute atomic E-state index is 11.4. The smallest absolute Gasteiger partial charge is 0.373 e. The van der Waals surface area contributed by atoms with Gasteiger partial charge in [-0.15, -0.1) is 0 Å². The van der Waals surface area contributed by atoms with E-state index in [-0.39, 0.29) is 5.91 Å². The summed E-state index contributed by atoms with van der Waals surface area (Å²) in [7, 11) is -2.67. The average Bonchev–Trinajstić information content (AvgIpc) is 2.30. The van der Waals surface area contributed by atoms with Gasteiger partial charge in [-0.2, -0.15) is 0 Å². The highest BCUT2D eigenvalue weighted by Gasteiger charge is 2.43. The molecule has 106 valence electrons. The molecule has 1 rings (SSSR count). The van der Waals surface area contributed by atoms with Gasteiger partial charge in [0.2, 0.25) is 5.91 Å². The Morgan fingerprint density at radius 2 is 1.72 bits per heavy atom. The number of nitrogens with one attached hydrogen (secondary N) is 1. The van der Waals surface area contributed by atoms with Crippen molar-refractivity contribution >= 4 is 14.7 Å². The highest BCUT2D eigenvalue weighted by molar-refractivity contribution is 6.60. The van der Waals surface area contributed by atoms with Crippen LogP contribution in [-0.4, -0.2) is 65.2 Å². The topological polar surface area (TPSA) is 60.0 Å². The molecule has 1 aliphatic rings. The van der Waals surface area contributed by atoms with Crippen molar-refractivity contribution in [2.24, 2.45) is 0 Å². The van der Waals surface area contributed by atoms with Crippen molar-refractivity contribution in [1.29, 1.82) is 0 Å². The minimum Gasteiger partial charge on any atom is -0.373 e. The van der Waals surface area contributed by atoms with Crippen LogP contribution in [0.4, 0.5) is 0 Å². The number of amides is 1. The molecule has 0 bridgehead atoms. The molecular formula is C11H24N2O4Si. The fourth-order valence-electron chi connectivity index (χ4n) is 2.02. The number of hydrogen-bond donors (Lipinski definition) is 1. The summed E-state index contributed by atoms with van der Waals surface area (Å²) in [6.45, 7) is 9.36. The third-order valence-electron chi connectivity index (χ3n) is 2.63. The first-order valence-electron chi connectivity index (χ1n) is 6.56. The molecule has 1 fully saturated rings. The quantitative estimate of drug-likeness (QED) is 0.633. The number of carbonyl (C=O) groups excluding carboxylic acids is 1. The van der Waals surface area contributed by atoms with Gasteiger partial charge in [0.25, 0.3) is 0 Å². The van der Waals surface area contributed by atoms with Crippen LogP contribution < -0.4 is 5.32 Å². The average molecular weight is 276 g/mol. The Morgan fingerprint density at radius 1 is 1.17 bits per heavy atom. The monoisotopic (exact) mass is 276 g/mol. The van der Waals surface area contributed by atoms with Crippen molar-refractivity contribution in [1.82, 2.24) is 10.2 Å². The fraction of sp³-hybridized carbons (Fsp3) is 0.909. The highest BCUT2D eigenvalue weighted by atomic mass is 28.4. The molecular weight excluding hydrogens is 252 g/mol. The summed E-state index contributed by atoms with van der Waals surface area (Å²) >= 11 is 0. The van der Waals surface area contributed by atoms with E-state index in [4.69, 9.17) is 13.3 Å². The van der Waals surface area contributed by atoms with E-state index < -0.39 is 8.80 Å². The van der Waals surface area contributed by atoms with Gasteiger partial charge in [-0.3, -0.25) is 9.69 Å². The summed E-state index contributed by atoms with van der Waals surface area (Å²) in [6, 6.07) is 0. The molecule has 6 nitrogen and oxygen atoms in total. The van der Waals surface area contributed by atoms with Crippen LogP contribution in [0.2, 0.25) is 0 Å². The Morgan fingerprint density at radius 3 is 2.17 bits per heavy atom. The molecule has 1 amide bonds. The summed E-state index contributed by atoms with van der Waals surface area (Å²) < 4.78 is 17.3. The summed E-state index contributed by atoms with van der Waals surface area (Å²) in [5.41, 5.74) is 0. The first kappa shape index (κ1) is 15.6. The van der Waals surface area contributed by atoms with E-state index in [9.17, 15) is 4.79 Å². The number of rotatable bonds is 8. The molecule has 0 atom stereocenters. The third-order valence-corrected chi connectivity index (χ3v) is 5.65. The van der Waals surface area contributed by atoms with E-state index in [1.165, 1.54) is 0 Å². The van der Waals surface area contributed by atoms with Crippen LogP contribution in [0.25, 0.3) is 0 Å². The lowest BCUT2D eigenvalue weighted by atomic mass is 10.4. The van der Waals surface area contributed by atoms with Crippen molar-refractivity contribution in [2.45, 2.75) is 20.8 Å². The van der Waals surface area contributed by atoms with Gasteiger partial charge in [-0.05, 0) is 20.8 Å². The zero-order chi connectivity index (χ0) is 13.4. The number of nitrogens with zero attached hydrogens (tertiary/aromatic N) is 1. The van der Waals surface area contributed by atoms with Crippen LogP contribution in [0, 0.1) is 0 Å². The van der Waals surface area contributed by atoms with Gasteiger partial charge >= 0.3 is 8.80 Å². The number of hydrogen-bond acceptors (Lipinski definition) is 5. The summed E-state index contributed by atoms with van der Waals surface area (Å²) in [5.74, 6) is 0.0497. The van der Waals surface area contributed by atoms with Crippen LogP contribution >= 0.6 is 0 Å². The van der Waals surface area contributed by atoms with E-state index >= 15 is 0 Å². The standard InChI is InChI=1S/C11H24N2O4Si/c1-4-15-18(16-5-2,17-6-3)10-13-8-7-12-11(14)9-13/h4-10H2,1-3H3,(H,12,14). The van der Waals surface area contributed by atoms with Crippen LogP contribution in [0.15, 0.2) is 0 Å². The van der Waals surface area contributed by atoms with Gasteiger partial charge in [-0.1, -0.05) is 0 Å². The summed E-state index contributed by atoms with van der Waals surface area (Å²) in [4.78, 5) is 13.4. The minimum absolute atomic E-state index is 0.0497. The Labute approximate surface area is 110 Å². The molecule has 0 aromatic carbocycles. The first-order chi connectivity index (χ1) is 8.65. The Bertz CT molecular complexity index is 248. The van der Waals surface area contributed by atoms with Gasteiger partial charge in [0.05, 0.1) is 12.7 Å². The van der Waals surface area contributed by atoms with Crippen LogP contribution in [-0.2, 0) is 18.1 Å². The molecule has 1 N–H and O–H groups in total. The molecule has 7 heteroatoms. The third kappa shape index (κ3) is 4.66. The molecule has 1 aliphatic heterocycles. The summed E-state index contributed by atoms with van der Waals surface area (Å²) in [5, 5.41) is 2.81. The van der Waals surface area contributed by atoms with Crippen molar-refractivity contribution in [3.05, 3.63) is 0 Å². The number of carbonyl (C=O) groups is 1. The predicted molar refractivity (Wildman–Crippen MR) is 70.1 cm³/mol. The fourth-order valence-corrected chi connectivity index (χ4v) is 4.68. The Kier molecular flexibility index (Phi) is 6.80. The SMILES string of the molecule is CCO[Si](CN1CCNC(=O)C1)(OCC)OCC. The second-order valence-corrected chi connectivity index (χ2v) is 6.59. The van der Waals surface area contributed by atoms with Gasteiger partial charge in [0, 0.05) is 32.9 Å². The lowest BCUT2D eigenvalue weighted by Gasteiger charge is -2.34. The maximum atomic E-state index is 11.4. The molecule has 1 saturated heterocycles. The van der Waals surface area contributed by atoms with Crippen LogP contribution in [0.3, 0.4) is 0 Å². The van der Waals surface area contributed by atoms with Crippen molar-refractivity contribution < 1.29 is 18.1 Å². The van der Waals surface area contributed by atoms with Crippen molar-refractivity contribution in [3.8, 4) is 0 Å². The van der Waals surface area contributed by atoms with Crippen LogP contribution in [0.5, 0.6) is 0 Å². The maximum Gasteiger partial charge on any atom is 0.515 e. The molecule has 0 aliphatic carbocycles. The zero-order valence-electron chi connectivity index (χ0n) is 11.5. The molecule has 0 aromatic rings. The molecule has 0 aromatic heterocycles. The summed E-state index contributed by atoms with van der Waals surface area (Å²) in [6.07, 6.45) is 0.579.